The van der Waals surface area contributed by atoms with Gasteiger partial charge >= 0.3 is 0 Å². The maximum atomic E-state index is 13.5. The van der Waals surface area contributed by atoms with Gasteiger partial charge in [-0.25, -0.2) is 0 Å². The van der Waals surface area contributed by atoms with Crippen LogP contribution < -0.4 is 26.6 Å². The first kappa shape index (κ1) is 120. The van der Waals surface area contributed by atoms with Crippen molar-refractivity contribution in [3.63, 3.8) is 0 Å². The molecule has 838 valence electrons. The maximum absolute atomic E-state index is 13.5. The van der Waals surface area contributed by atoms with Gasteiger partial charge in [-0.2, -0.15) is 0 Å². The van der Waals surface area contributed by atoms with Crippen LogP contribution in [0.5, 0.6) is 0 Å². The molecule has 145 heavy (non-hydrogen) atoms. The van der Waals surface area contributed by atoms with Crippen molar-refractivity contribution in [2.75, 3.05) is 59.3 Å². The zero-order valence-electron chi connectivity index (χ0n) is 80.6. The summed E-state index contributed by atoms with van der Waals surface area (Å²) in [4.78, 5) is 75.2. The second-order valence-corrected chi connectivity index (χ2v) is 37.8. The zero-order chi connectivity index (χ0) is 107. The van der Waals surface area contributed by atoms with Gasteiger partial charge in [-0.05, 0) is 60.8 Å². The van der Waals surface area contributed by atoms with Gasteiger partial charge in [0.25, 0.3) is 0 Å². The Morgan fingerprint density at radius 1 is 0.228 bits per heavy atom. The van der Waals surface area contributed by atoms with Crippen LogP contribution in [-0.4, -0.2) is 565 Å². The molecule has 31 N–H and O–H groups in total. The number of amides is 5. The molecule has 59 heteroatoms. The summed E-state index contributed by atoms with van der Waals surface area (Å²) < 4.78 is 132. The molecule has 11 rings (SSSR count). The number of rotatable bonds is 43. The van der Waals surface area contributed by atoms with Crippen LogP contribution >= 0.6 is 0 Å². The molecule has 11 fully saturated rings. The first-order valence-corrected chi connectivity index (χ1v) is 48.1. The fourth-order valence-electron chi connectivity index (χ4n) is 18.8. The first-order chi connectivity index (χ1) is 68.6. The number of nitrogens with one attached hydrogen (secondary N) is 5. The molecule has 0 spiro atoms. The van der Waals surface area contributed by atoms with Crippen LogP contribution in [0.2, 0.25) is 0 Å². The molecule has 0 aromatic rings. The van der Waals surface area contributed by atoms with E-state index in [-0.39, 0.29) is 56.6 Å². The van der Waals surface area contributed by atoms with Gasteiger partial charge in [0.2, 0.25) is 29.5 Å². The number of aliphatic hydroxyl groups is 26. The van der Waals surface area contributed by atoms with Crippen molar-refractivity contribution < 1.29 is 266 Å². The Morgan fingerprint density at radius 3 is 0.772 bits per heavy atom. The highest BCUT2D eigenvalue weighted by Crippen LogP contribution is 2.43. The summed E-state index contributed by atoms with van der Waals surface area (Å²) in [7, 11) is 0. The van der Waals surface area contributed by atoms with Gasteiger partial charge in [-0.15, -0.1) is 0 Å². The highest BCUT2D eigenvalue weighted by Gasteiger charge is 2.63. The molecule has 11 aliphatic rings. The van der Waals surface area contributed by atoms with E-state index in [4.69, 9.17) is 104 Å². The van der Waals surface area contributed by atoms with E-state index in [9.17, 15) is 162 Å². The number of carbonyl (C=O) groups excluding carboxylic acids is 6. The van der Waals surface area contributed by atoms with E-state index in [2.05, 4.69) is 26.6 Å². The Labute approximate surface area is 829 Å². The Bertz CT molecular complexity index is 4010. The fraction of sp³-hybridized carbons (Fsp3) is 0.930. The summed E-state index contributed by atoms with van der Waals surface area (Å²) in [5, 5.41) is 310. The van der Waals surface area contributed by atoms with Gasteiger partial charge in [0.1, 0.15) is 244 Å². The van der Waals surface area contributed by atoms with E-state index in [1.165, 1.54) is 41.5 Å². The fourth-order valence-corrected chi connectivity index (χ4v) is 18.8. The van der Waals surface area contributed by atoms with Crippen LogP contribution in [0.1, 0.15) is 107 Å². The second-order valence-electron chi connectivity index (χ2n) is 37.8. The first-order valence-electron chi connectivity index (χ1n) is 48.1. The lowest BCUT2D eigenvalue weighted by atomic mass is 9.94. The molecule has 55 atom stereocenters. The van der Waals surface area contributed by atoms with Crippen molar-refractivity contribution in [2.45, 2.75) is 445 Å². The Morgan fingerprint density at radius 2 is 0.469 bits per heavy atom. The average molecular weight is 2110 g/mol. The minimum absolute atomic E-state index is 0.0353. The van der Waals surface area contributed by atoms with Gasteiger partial charge in [-0.1, -0.05) is 6.42 Å². The summed E-state index contributed by atoms with van der Waals surface area (Å²) in [5.74, 6) is -3.29. The van der Waals surface area contributed by atoms with Crippen molar-refractivity contribution in [1.29, 1.82) is 0 Å². The summed E-state index contributed by atoms with van der Waals surface area (Å²) in [6.07, 6.45) is -100. The molecule has 0 aromatic carbocycles. The minimum atomic E-state index is -2.35. The number of hydrogen-bond donors (Lipinski definition) is 31. The lowest BCUT2D eigenvalue weighted by Crippen LogP contribution is -2.70. The molecular weight excluding hydrogens is 1970 g/mol. The van der Waals surface area contributed by atoms with Crippen molar-refractivity contribution >= 4 is 35.3 Å². The number of carbonyl (C=O) groups is 6. The Balaban J connectivity index is 0.763. The molecule has 0 aromatic heterocycles. The minimum Gasteiger partial charge on any atom is -0.394 e. The van der Waals surface area contributed by atoms with Crippen LogP contribution in [0.25, 0.3) is 0 Å². The van der Waals surface area contributed by atoms with Crippen molar-refractivity contribution in [3.8, 4) is 0 Å². The van der Waals surface area contributed by atoms with Crippen molar-refractivity contribution in [1.82, 2.24) is 26.6 Å². The van der Waals surface area contributed by atoms with Gasteiger partial charge in [0, 0.05) is 59.7 Å². The van der Waals surface area contributed by atoms with Gasteiger partial charge in [0.05, 0.1) is 70.2 Å². The number of unbranched alkanes of at least 4 members (excludes halogenated alkanes) is 2. The van der Waals surface area contributed by atoms with E-state index in [0.717, 1.165) is 20.8 Å². The van der Waals surface area contributed by atoms with Crippen LogP contribution in [0.3, 0.4) is 0 Å². The Hall–Kier alpha value is -4.90. The van der Waals surface area contributed by atoms with E-state index >= 15 is 0 Å². The van der Waals surface area contributed by atoms with E-state index in [0.29, 0.717) is 25.7 Å². The van der Waals surface area contributed by atoms with Crippen LogP contribution in [-0.2, 0) is 133 Å². The Kier molecular flexibility index (Phi) is 45.0. The summed E-state index contributed by atoms with van der Waals surface area (Å²) >= 11 is 0. The third kappa shape index (κ3) is 28.8. The summed E-state index contributed by atoms with van der Waals surface area (Å²) in [6, 6.07) is -5.53. The molecule has 11 saturated heterocycles. The third-order valence-corrected chi connectivity index (χ3v) is 27.0. The number of hydrogen-bond acceptors (Lipinski definition) is 54. The molecule has 11 aliphatic heterocycles. The molecular formula is C86H145N5O54. The standard InChI is InChI=1S/C86H145N5O54/c1-26(98)14-13-16-42(103)88-18-17-87-41(102)15-11-10-12-19-124-79-61(119)69(46(104)27(2)125-79)139-77-44(90-33(8)100)67(55(113)39(24-96)131-77)137-85-74(58(116)52(110)36(21-93)134-85)144-83-65(123)73(50(108)31(6)128-83)143-82-63(121)71(48(106)29(4)127-82)141-78-45(91-34(9)101)68(56(114)40(25-97)132-78)138-86-75(59(117)53(111)37(22-94)135-86)145-84-64(122)72(49(107)30(5)129-84)142-81-62(120)70(47(105)28(3)126-81)140-76-43(89-32(7)99)66(54(112)38(23-95)130-76)136-80-60(118)57(115)51(109)35(20-92)133-80/h27-31,35-40,43-86,92-97,104-123H,10-25H2,1-9H3,(H,87,102)(H,88,103)(H,89,99)(H,90,100)(H,91,101)/t27-,28-,29-,30-,31-,35+,36+,37+,38+,39+,40+,43+,44+,45+,46-,47-,48-,49-,50-,51+,52+,53+,54+,55+,56+,57-,58-,59-,60+,61+,62+,63+,64+,65+,66+,67+,68+,69+,70+,71+,72+,73+,74+,75+,76+,77+,78+,79+,80+,81-,82-,83-,84-,85+,86+/m0/s1. The molecule has 5 amide bonds. The number of Topliss-reactive ketones (excluding diaryl/α,β-unsaturated/α-hetero) is 1. The lowest BCUT2D eigenvalue weighted by molar-refractivity contribution is -0.400. The topological polar surface area (TPSA) is 892 Å². The number of ether oxygens (including phenoxy) is 22. The average Bonchev–Trinajstić information content (AvgIpc) is 0.764. The number of aliphatic hydroxyl groups excluding tert-OH is 26. The highest BCUT2D eigenvalue weighted by atomic mass is 16.8. The molecule has 59 nitrogen and oxygen atoms in total. The van der Waals surface area contributed by atoms with Crippen molar-refractivity contribution in [2.24, 2.45) is 0 Å². The van der Waals surface area contributed by atoms with Gasteiger partial charge in [0.15, 0.2) is 69.2 Å². The molecule has 0 radical (unpaired) electrons. The summed E-state index contributed by atoms with van der Waals surface area (Å²) in [6.45, 7) is 4.66. The molecule has 0 aliphatic carbocycles. The molecule has 0 saturated carbocycles. The van der Waals surface area contributed by atoms with Gasteiger partial charge in [-0.3, -0.25) is 24.0 Å². The van der Waals surface area contributed by atoms with Crippen LogP contribution in [0.4, 0.5) is 0 Å². The normalized spacial score (nSPS) is 46.8. The molecule has 0 bridgehead atoms. The van der Waals surface area contributed by atoms with E-state index in [1.807, 2.05) is 0 Å². The lowest BCUT2D eigenvalue weighted by Gasteiger charge is -2.51. The largest absolute Gasteiger partial charge is 0.394 e. The van der Waals surface area contributed by atoms with Gasteiger partial charge < -0.3 is 268 Å². The monoisotopic (exact) mass is 2110 g/mol. The quantitative estimate of drug-likeness (QED) is 0.0252. The number of ketones is 1. The van der Waals surface area contributed by atoms with Crippen LogP contribution in [0, 0.1) is 0 Å². The zero-order valence-corrected chi connectivity index (χ0v) is 80.6. The molecule has 11 heterocycles. The smallest absolute Gasteiger partial charge is 0.220 e. The SMILES string of the molecule is CC(=O)CCCC(=O)NCCNC(=O)CCCCCO[C@@H]1O[C@@H](C)[C@H](O)[C@@H](O[C@H]2O[C@H](CO)[C@@H](O)[C@H](O[C@H]3O[C@H](CO)[C@@H](O)[C@H](O)[C@H]3O[C@@H]3O[C@@H](C)[C@H](O)[C@@H](O[C@@H]4O[C@@H](C)[C@H](O)[C@@H](O[C@H]5O[C@H](CO)[C@@H](O)[C@H](O[C@H]6O[C@H](CO)[C@@H](O)[C@H](O)[C@H]6O[C@@H]6O[C@@H](C)[C@H](O)[C@@H](O[C@@H]7O[C@@H](C)[C@H](O)[C@@H](O[C@H]8O[C@H](CO)[C@@H](O)[C@H](O[C@H]9O[C@H](CO)[C@@H](O)[C@H](O)[C@H]9O)[C@H]8NC(C)=O)[C@H]7O)[C@H]6O)[C@H]5NC(C)=O)[C@H]4O)[C@H]3O)[C@H]2NC(C)=O)[C@H]1O. The summed E-state index contributed by atoms with van der Waals surface area (Å²) in [5.41, 5.74) is 0. The third-order valence-electron chi connectivity index (χ3n) is 27.0. The highest BCUT2D eigenvalue weighted by molar-refractivity contribution is 5.79. The molecule has 0 unspecified atom stereocenters. The maximum Gasteiger partial charge on any atom is 0.220 e. The van der Waals surface area contributed by atoms with E-state index in [1.54, 1.807) is 0 Å². The predicted molar refractivity (Wildman–Crippen MR) is 463 cm³/mol. The predicted octanol–water partition coefficient (Wildman–Crippen LogP) is -17.8. The van der Waals surface area contributed by atoms with Crippen molar-refractivity contribution in [3.05, 3.63) is 0 Å². The van der Waals surface area contributed by atoms with E-state index < -0.39 is 395 Å². The second kappa shape index (κ2) is 54.3. The van der Waals surface area contributed by atoms with Crippen LogP contribution in [0.15, 0.2) is 0 Å².